The van der Waals surface area contributed by atoms with E-state index in [0.717, 1.165) is 12.8 Å². The van der Waals surface area contributed by atoms with Crippen molar-refractivity contribution in [3.05, 3.63) is 63.9 Å². The fraction of sp³-hybridized carbons (Fsp3) is 0.304. The molecule has 0 aliphatic carbocycles. The highest BCUT2D eigenvalue weighted by atomic mass is 32.1. The van der Waals surface area contributed by atoms with E-state index in [4.69, 9.17) is 9.47 Å². The normalized spacial score (nSPS) is 15.7. The molecule has 0 spiro atoms. The summed E-state index contributed by atoms with van der Waals surface area (Å²) >= 11 is 1.20. The zero-order chi connectivity index (χ0) is 23.4. The third-order valence-electron chi connectivity index (χ3n) is 5.43. The summed E-state index contributed by atoms with van der Waals surface area (Å²) in [5, 5.41) is 11.8. The molecule has 33 heavy (non-hydrogen) atoms. The molecule has 10 heteroatoms. The lowest BCUT2D eigenvalue weighted by molar-refractivity contribution is 0.0703. The molecule has 0 radical (unpaired) electrons. The van der Waals surface area contributed by atoms with Gasteiger partial charge in [-0.05, 0) is 49.2 Å². The van der Waals surface area contributed by atoms with E-state index in [1.54, 1.807) is 30.2 Å². The van der Waals surface area contributed by atoms with Gasteiger partial charge in [-0.25, -0.2) is 4.39 Å². The van der Waals surface area contributed by atoms with Crippen LogP contribution in [0.3, 0.4) is 0 Å². The largest absolute Gasteiger partial charge is 0.497 e. The maximum Gasteiger partial charge on any atom is 0.286 e. The van der Waals surface area contributed by atoms with Crippen LogP contribution in [0.2, 0.25) is 0 Å². The van der Waals surface area contributed by atoms with Crippen LogP contribution in [0.1, 0.15) is 43.9 Å². The minimum absolute atomic E-state index is 0.0168. The summed E-state index contributed by atoms with van der Waals surface area (Å²) < 4.78 is 23.6. The Kier molecular flexibility index (Phi) is 6.83. The number of rotatable bonds is 6. The predicted octanol–water partition coefficient (Wildman–Crippen LogP) is 3.97. The van der Waals surface area contributed by atoms with Crippen LogP contribution in [0.4, 0.5) is 10.1 Å². The highest BCUT2D eigenvalue weighted by Crippen LogP contribution is 2.32. The van der Waals surface area contributed by atoms with Gasteiger partial charge in [0.05, 0.1) is 19.8 Å². The lowest BCUT2D eigenvalue weighted by Gasteiger charge is -2.32. The van der Waals surface area contributed by atoms with Gasteiger partial charge in [0, 0.05) is 30.8 Å². The molecule has 0 saturated carbocycles. The molecule has 1 aliphatic heterocycles. The number of carbonyl (C=O) groups excluding carboxylic acids is 2. The number of hydrogen-bond acceptors (Lipinski definition) is 7. The van der Waals surface area contributed by atoms with E-state index in [2.05, 4.69) is 15.5 Å². The average Bonchev–Trinajstić information content (AvgIpc) is 3.35. The van der Waals surface area contributed by atoms with Crippen molar-refractivity contribution < 1.29 is 23.5 Å². The molecule has 0 bridgehead atoms. The van der Waals surface area contributed by atoms with Crippen LogP contribution in [0.15, 0.2) is 42.5 Å². The maximum absolute atomic E-state index is 13.2. The Hall–Kier alpha value is -3.53. The minimum Gasteiger partial charge on any atom is -0.497 e. The van der Waals surface area contributed by atoms with Gasteiger partial charge >= 0.3 is 0 Å². The van der Waals surface area contributed by atoms with E-state index in [1.807, 2.05) is 0 Å². The Balaban J connectivity index is 1.45. The smallest absolute Gasteiger partial charge is 0.286 e. The molecule has 1 fully saturated rings. The molecular weight excluding hydrogens is 447 g/mol. The number of amides is 2. The number of nitrogens with zero attached hydrogens (tertiary/aromatic N) is 3. The maximum atomic E-state index is 13.2. The SMILES string of the molecule is COc1ccc(C(=O)N2CCCC(c3nnc(C(=O)Nc4ccc(F)cc4)s3)C2)c(OC)c1. The number of nitrogens with one attached hydrogen (secondary N) is 1. The number of ether oxygens (including phenoxy) is 2. The number of hydrogen-bond donors (Lipinski definition) is 1. The van der Waals surface area contributed by atoms with E-state index < -0.39 is 5.91 Å². The first-order valence-corrected chi connectivity index (χ1v) is 11.2. The Labute approximate surface area is 194 Å². The fourth-order valence-electron chi connectivity index (χ4n) is 3.72. The van der Waals surface area contributed by atoms with Crippen molar-refractivity contribution in [1.29, 1.82) is 0 Å². The highest BCUT2D eigenvalue weighted by Gasteiger charge is 2.30. The van der Waals surface area contributed by atoms with E-state index in [-0.39, 0.29) is 22.6 Å². The van der Waals surface area contributed by atoms with Crippen LogP contribution in [-0.4, -0.2) is 54.2 Å². The van der Waals surface area contributed by atoms with Gasteiger partial charge in [0.2, 0.25) is 5.01 Å². The number of carbonyl (C=O) groups is 2. The lowest BCUT2D eigenvalue weighted by atomic mass is 9.98. The third-order valence-corrected chi connectivity index (χ3v) is 6.52. The molecule has 4 rings (SSSR count). The monoisotopic (exact) mass is 470 g/mol. The van der Waals surface area contributed by atoms with Crippen LogP contribution in [0, 0.1) is 5.82 Å². The summed E-state index contributed by atoms with van der Waals surface area (Å²) in [5.74, 6) is 0.138. The van der Waals surface area contributed by atoms with Crippen molar-refractivity contribution in [2.45, 2.75) is 18.8 Å². The summed E-state index contributed by atoms with van der Waals surface area (Å²) in [6.45, 7) is 1.10. The second-order valence-corrected chi connectivity index (χ2v) is 8.57. The molecule has 1 aromatic heterocycles. The van der Waals surface area contributed by atoms with Gasteiger partial charge in [-0.2, -0.15) is 0 Å². The number of benzene rings is 2. The summed E-state index contributed by atoms with van der Waals surface area (Å²) in [7, 11) is 3.08. The van der Waals surface area contributed by atoms with Crippen molar-refractivity contribution in [3.63, 3.8) is 0 Å². The third kappa shape index (κ3) is 5.11. The molecule has 8 nitrogen and oxygen atoms in total. The van der Waals surface area contributed by atoms with Gasteiger partial charge in [0.1, 0.15) is 22.3 Å². The number of halogens is 1. The number of anilines is 1. The van der Waals surface area contributed by atoms with Gasteiger partial charge in [0.15, 0.2) is 0 Å². The van der Waals surface area contributed by atoms with E-state index in [1.165, 1.54) is 42.7 Å². The number of piperidine rings is 1. The van der Waals surface area contributed by atoms with Crippen molar-refractivity contribution in [1.82, 2.24) is 15.1 Å². The quantitative estimate of drug-likeness (QED) is 0.586. The molecule has 1 N–H and O–H groups in total. The molecule has 2 amide bonds. The predicted molar refractivity (Wildman–Crippen MR) is 122 cm³/mol. The fourth-order valence-corrected chi connectivity index (χ4v) is 4.58. The van der Waals surface area contributed by atoms with Crippen molar-refractivity contribution in [3.8, 4) is 11.5 Å². The molecule has 1 atom stereocenters. The Morgan fingerprint density at radius 3 is 2.64 bits per heavy atom. The van der Waals surface area contributed by atoms with Gasteiger partial charge in [-0.15, -0.1) is 10.2 Å². The number of methoxy groups -OCH3 is 2. The zero-order valence-corrected chi connectivity index (χ0v) is 19.0. The van der Waals surface area contributed by atoms with Crippen LogP contribution in [-0.2, 0) is 0 Å². The first kappa shape index (κ1) is 22.7. The highest BCUT2D eigenvalue weighted by molar-refractivity contribution is 7.13. The first-order chi connectivity index (χ1) is 16.0. The van der Waals surface area contributed by atoms with Gasteiger partial charge < -0.3 is 19.7 Å². The van der Waals surface area contributed by atoms with Crippen LogP contribution >= 0.6 is 11.3 Å². The second kappa shape index (κ2) is 9.95. The van der Waals surface area contributed by atoms with Crippen LogP contribution in [0.25, 0.3) is 0 Å². The minimum atomic E-state index is -0.405. The average molecular weight is 471 g/mol. The Morgan fingerprint density at radius 1 is 1.12 bits per heavy atom. The Morgan fingerprint density at radius 2 is 1.91 bits per heavy atom. The molecular formula is C23H23FN4O4S. The molecule has 2 heterocycles. The van der Waals surface area contributed by atoms with Crippen molar-refractivity contribution in [2.24, 2.45) is 0 Å². The standard InChI is InChI=1S/C23H23FN4O4S/c1-31-17-9-10-18(19(12-17)32-2)23(30)28-11-3-4-14(13-28)21-26-27-22(33-21)20(29)25-16-7-5-15(24)6-8-16/h5-10,12,14H,3-4,11,13H2,1-2H3,(H,25,29). The number of likely N-dealkylation sites (tertiary alicyclic amines) is 1. The number of aromatic nitrogens is 2. The summed E-state index contributed by atoms with van der Waals surface area (Å²) in [4.78, 5) is 27.4. The summed E-state index contributed by atoms with van der Waals surface area (Å²) in [6, 6.07) is 10.6. The Bertz CT molecular complexity index is 1150. The van der Waals surface area contributed by atoms with Crippen LogP contribution in [0.5, 0.6) is 11.5 Å². The van der Waals surface area contributed by atoms with Gasteiger partial charge in [-0.3, -0.25) is 9.59 Å². The molecule has 1 saturated heterocycles. The topological polar surface area (TPSA) is 93.7 Å². The molecule has 172 valence electrons. The lowest BCUT2D eigenvalue weighted by Crippen LogP contribution is -2.39. The second-order valence-electron chi connectivity index (χ2n) is 7.56. The van der Waals surface area contributed by atoms with E-state index >= 15 is 0 Å². The van der Waals surface area contributed by atoms with Gasteiger partial charge in [0.25, 0.3) is 11.8 Å². The first-order valence-electron chi connectivity index (χ1n) is 10.4. The summed E-state index contributed by atoms with van der Waals surface area (Å²) in [5.41, 5.74) is 0.941. The zero-order valence-electron chi connectivity index (χ0n) is 18.2. The summed E-state index contributed by atoms with van der Waals surface area (Å²) in [6.07, 6.45) is 1.66. The molecule has 3 aromatic rings. The van der Waals surface area contributed by atoms with E-state index in [9.17, 15) is 14.0 Å². The van der Waals surface area contributed by atoms with E-state index in [0.29, 0.717) is 40.8 Å². The van der Waals surface area contributed by atoms with Crippen LogP contribution < -0.4 is 14.8 Å². The van der Waals surface area contributed by atoms with Gasteiger partial charge in [-0.1, -0.05) is 11.3 Å². The molecule has 1 aliphatic rings. The van der Waals surface area contributed by atoms with Crippen molar-refractivity contribution in [2.75, 3.05) is 32.6 Å². The molecule has 1 unspecified atom stereocenters. The molecule has 2 aromatic carbocycles. The van der Waals surface area contributed by atoms with Crippen molar-refractivity contribution >= 4 is 28.8 Å².